The van der Waals surface area contributed by atoms with Crippen molar-refractivity contribution < 1.29 is 14.3 Å². The molecular formula is C15H18O3. The van der Waals surface area contributed by atoms with Crippen LogP contribution in [0.5, 0.6) is 0 Å². The predicted molar refractivity (Wildman–Crippen MR) is 70.9 cm³/mol. The lowest BCUT2D eigenvalue weighted by Gasteiger charge is -2.19. The van der Waals surface area contributed by atoms with Crippen LogP contribution in [0, 0.1) is 0 Å². The average Bonchev–Trinajstić information content (AvgIpc) is 2.24. The van der Waals surface area contributed by atoms with E-state index in [1.165, 1.54) is 6.92 Å². The number of hydrogen-bond donors (Lipinski definition) is 0. The summed E-state index contributed by atoms with van der Waals surface area (Å²) >= 11 is 0. The fourth-order valence-electron chi connectivity index (χ4n) is 1.35. The van der Waals surface area contributed by atoms with Crippen molar-refractivity contribution in [1.82, 2.24) is 0 Å². The molecule has 0 aliphatic carbocycles. The zero-order chi connectivity index (χ0) is 13.8. The van der Waals surface area contributed by atoms with E-state index in [-0.39, 0.29) is 11.4 Å². The third-order valence-corrected chi connectivity index (χ3v) is 2.11. The van der Waals surface area contributed by atoms with Crippen LogP contribution in [0.4, 0.5) is 0 Å². The monoisotopic (exact) mass is 246 g/mol. The quantitative estimate of drug-likeness (QED) is 0.356. The molecule has 96 valence electrons. The lowest BCUT2D eigenvalue weighted by atomic mass is 10.1. The predicted octanol–water partition coefficient (Wildman–Crippen LogP) is 3.00. The smallest absolute Gasteiger partial charge is 0.342 e. The van der Waals surface area contributed by atoms with Crippen LogP contribution in [0.3, 0.4) is 0 Å². The van der Waals surface area contributed by atoms with Crippen molar-refractivity contribution in [2.45, 2.75) is 33.3 Å². The maximum atomic E-state index is 11.9. The SMILES string of the molecule is CC(=O)/C(=C\c1ccccc1)C(=O)OC(C)(C)C. The minimum absolute atomic E-state index is 0.0659. The molecule has 0 atom stereocenters. The second-order valence-corrected chi connectivity index (χ2v) is 5.03. The molecule has 0 bridgehead atoms. The number of Topliss-reactive ketones (excluding diaryl/α,β-unsaturated/α-hetero) is 1. The molecule has 0 unspecified atom stereocenters. The van der Waals surface area contributed by atoms with Crippen molar-refractivity contribution >= 4 is 17.8 Å². The van der Waals surface area contributed by atoms with E-state index in [4.69, 9.17) is 4.74 Å². The van der Waals surface area contributed by atoms with Gasteiger partial charge in [-0.25, -0.2) is 4.79 Å². The van der Waals surface area contributed by atoms with E-state index in [0.29, 0.717) is 0 Å². The average molecular weight is 246 g/mol. The van der Waals surface area contributed by atoms with Gasteiger partial charge < -0.3 is 4.74 Å². The van der Waals surface area contributed by atoms with Gasteiger partial charge in [-0.3, -0.25) is 4.79 Å². The number of carbonyl (C=O) groups is 2. The highest BCUT2D eigenvalue weighted by molar-refractivity contribution is 6.19. The van der Waals surface area contributed by atoms with E-state index in [9.17, 15) is 9.59 Å². The molecule has 0 aliphatic heterocycles. The topological polar surface area (TPSA) is 43.4 Å². The Hall–Kier alpha value is -1.90. The minimum atomic E-state index is -0.609. The molecule has 18 heavy (non-hydrogen) atoms. The van der Waals surface area contributed by atoms with Crippen molar-refractivity contribution in [2.24, 2.45) is 0 Å². The number of esters is 1. The largest absolute Gasteiger partial charge is 0.456 e. The van der Waals surface area contributed by atoms with E-state index in [1.807, 2.05) is 30.3 Å². The van der Waals surface area contributed by atoms with Crippen molar-refractivity contribution in [3.05, 3.63) is 41.5 Å². The number of benzene rings is 1. The Kier molecular flexibility index (Phi) is 4.43. The highest BCUT2D eigenvalue weighted by Crippen LogP contribution is 2.14. The molecule has 0 fully saturated rings. The van der Waals surface area contributed by atoms with Gasteiger partial charge in [-0.05, 0) is 39.3 Å². The third-order valence-electron chi connectivity index (χ3n) is 2.11. The summed E-state index contributed by atoms with van der Waals surface area (Å²) in [5, 5.41) is 0. The summed E-state index contributed by atoms with van der Waals surface area (Å²) in [6.07, 6.45) is 1.55. The summed E-state index contributed by atoms with van der Waals surface area (Å²) in [4.78, 5) is 23.4. The van der Waals surface area contributed by atoms with Crippen LogP contribution in [0.1, 0.15) is 33.3 Å². The van der Waals surface area contributed by atoms with Crippen LogP contribution in [0.25, 0.3) is 6.08 Å². The van der Waals surface area contributed by atoms with Gasteiger partial charge >= 0.3 is 5.97 Å². The van der Waals surface area contributed by atoms with Gasteiger partial charge in [-0.1, -0.05) is 30.3 Å². The lowest BCUT2D eigenvalue weighted by molar-refractivity contribution is -0.150. The van der Waals surface area contributed by atoms with Gasteiger partial charge in [0, 0.05) is 0 Å². The summed E-state index contributed by atoms with van der Waals surface area (Å²) in [5.41, 5.74) is 0.257. The Balaban J connectivity index is 3.01. The Morgan fingerprint density at radius 1 is 1.11 bits per heavy atom. The first-order valence-electron chi connectivity index (χ1n) is 5.80. The van der Waals surface area contributed by atoms with Gasteiger partial charge in [-0.2, -0.15) is 0 Å². The Labute approximate surface area is 107 Å². The van der Waals surface area contributed by atoms with Gasteiger partial charge in [0.05, 0.1) is 0 Å². The van der Waals surface area contributed by atoms with Crippen LogP contribution in [-0.2, 0) is 14.3 Å². The van der Waals surface area contributed by atoms with Crippen molar-refractivity contribution in [2.75, 3.05) is 0 Å². The number of carbonyl (C=O) groups excluding carboxylic acids is 2. The molecular weight excluding hydrogens is 228 g/mol. The molecule has 3 nitrogen and oxygen atoms in total. The van der Waals surface area contributed by atoms with Gasteiger partial charge in [0.15, 0.2) is 5.78 Å². The van der Waals surface area contributed by atoms with Crippen LogP contribution in [0.15, 0.2) is 35.9 Å². The van der Waals surface area contributed by atoms with E-state index in [0.717, 1.165) is 5.56 Å². The second kappa shape index (κ2) is 5.63. The molecule has 1 aromatic rings. The molecule has 3 heteroatoms. The lowest BCUT2D eigenvalue weighted by Crippen LogP contribution is -2.26. The first kappa shape index (κ1) is 14.2. The summed E-state index contributed by atoms with van der Waals surface area (Å²) in [6.45, 7) is 6.67. The normalized spacial score (nSPS) is 12.1. The molecule has 0 aliphatic rings. The van der Waals surface area contributed by atoms with Crippen molar-refractivity contribution in [3.63, 3.8) is 0 Å². The minimum Gasteiger partial charge on any atom is -0.456 e. The fraction of sp³-hybridized carbons (Fsp3) is 0.333. The zero-order valence-corrected chi connectivity index (χ0v) is 11.2. The highest BCUT2D eigenvalue weighted by Gasteiger charge is 2.22. The summed E-state index contributed by atoms with van der Waals surface area (Å²) in [5.74, 6) is -0.882. The van der Waals surface area contributed by atoms with Gasteiger partial charge in [0.1, 0.15) is 11.2 Å². The molecule has 0 amide bonds. The molecule has 1 rings (SSSR count). The Morgan fingerprint density at radius 2 is 1.67 bits per heavy atom. The Bertz CT molecular complexity index is 464. The molecule has 0 aromatic heterocycles. The number of rotatable bonds is 3. The number of hydrogen-bond acceptors (Lipinski definition) is 3. The number of ketones is 1. The molecule has 0 spiro atoms. The molecule has 0 radical (unpaired) electrons. The van der Waals surface area contributed by atoms with Crippen LogP contribution < -0.4 is 0 Å². The first-order valence-corrected chi connectivity index (χ1v) is 5.80. The van der Waals surface area contributed by atoms with E-state index < -0.39 is 11.6 Å². The summed E-state index contributed by atoms with van der Waals surface area (Å²) in [6, 6.07) is 9.22. The van der Waals surface area contributed by atoms with E-state index in [2.05, 4.69) is 0 Å². The van der Waals surface area contributed by atoms with Gasteiger partial charge in [0.2, 0.25) is 0 Å². The highest BCUT2D eigenvalue weighted by atomic mass is 16.6. The second-order valence-electron chi connectivity index (χ2n) is 5.03. The number of ether oxygens (including phenoxy) is 1. The molecule has 0 saturated carbocycles. The maximum absolute atomic E-state index is 11.9. The third kappa shape index (κ3) is 4.53. The van der Waals surface area contributed by atoms with Crippen molar-refractivity contribution in [1.29, 1.82) is 0 Å². The van der Waals surface area contributed by atoms with Gasteiger partial charge in [-0.15, -0.1) is 0 Å². The van der Waals surface area contributed by atoms with Crippen LogP contribution in [0.2, 0.25) is 0 Å². The summed E-state index contributed by atoms with van der Waals surface area (Å²) < 4.78 is 5.21. The zero-order valence-electron chi connectivity index (χ0n) is 11.2. The van der Waals surface area contributed by atoms with E-state index >= 15 is 0 Å². The van der Waals surface area contributed by atoms with Crippen molar-refractivity contribution in [3.8, 4) is 0 Å². The van der Waals surface area contributed by atoms with Crippen LogP contribution in [-0.4, -0.2) is 17.4 Å². The molecule has 0 saturated heterocycles. The van der Waals surface area contributed by atoms with Crippen LogP contribution >= 0.6 is 0 Å². The maximum Gasteiger partial charge on any atom is 0.342 e. The molecule has 0 N–H and O–H groups in total. The van der Waals surface area contributed by atoms with Gasteiger partial charge in [0.25, 0.3) is 0 Å². The molecule has 1 aromatic carbocycles. The van der Waals surface area contributed by atoms with E-state index in [1.54, 1.807) is 26.8 Å². The first-order chi connectivity index (χ1) is 8.29. The Morgan fingerprint density at radius 3 is 2.11 bits per heavy atom. The standard InChI is InChI=1S/C15H18O3/c1-11(16)13(14(17)18-15(2,3)4)10-12-8-6-5-7-9-12/h5-10H,1-4H3/b13-10+. The summed E-state index contributed by atoms with van der Waals surface area (Å²) in [7, 11) is 0. The molecule has 0 heterocycles. The fourth-order valence-corrected chi connectivity index (χ4v) is 1.35.